The van der Waals surface area contributed by atoms with E-state index in [0.29, 0.717) is 0 Å². The second-order valence-electron chi connectivity index (χ2n) is 2.41. The Kier molecular flexibility index (Phi) is 1.12. The van der Waals surface area contributed by atoms with Crippen LogP contribution in [0.4, 0.5) is 0 Å². The molecule has 1 unspecified atom stereocenters. The molecule has 3 nitrogen and oxygen atoms in total. The van der Waals surface area contributed by atoms with Gasteiger partial charge in [-0.3, -0.25) is 0 Å². The molecule has 2 rings (SSSR count). The van der Waals surface area contributed by atoms with Gasteiger partial charge in [0.1, 0.15) is 5.75 Å². The highest BCUT2D eigenvalue weighted by Gasteiger charge is 2.39. The smallest absolute Gasteiger partial charge is 0.353 e. The van der Waals surface area contributed by atoms with Crippen molar-refractivity contribution in [1.29, 1.82) is 0 Å². The minimum Gasteiger partial charge on any atom is -0.508 e. The van der Waals surface area contributed by atoms with Crippen LogP contribution in [0.15, 0.2) is 24.3 Å². The van der Waals surface area contributed by atoms with Crippen molar-refractivity contribution in [2.24, 2.45) is 0 Å². The van der Waals surface area contributed by atoms with E-state index >= 15 is 0 Å². The zero-order valence-electron chi connectivity index (χ0n) is 5.65. The van der Waals surface area contributed by atoms with Crippen LogP contribution in [0.25, 0.3) is 0 Å². The number of phenols is 1. The van der Waals surface area contributed by atoms with Gasteiger partial charge in [0.25, 0.3) is 0 Å². The van der Waals surface area contributed by atoms with Crippen molar-refractivity contribution in [3.8, 4) is 5.75 Å². The highest BCUT2D eigenvalue weighted by Crippen LogP contribution is 2.32. The number of hydrogen-bond acceptors (Lipinski definition) is 3. The van der Waals surface area contributed by atoms with Gasteiger partial charge in [0.05, 0.1) is 0 Å². The first-order chi connectivity index (χ1) is 5.27. The number of cyclic esters (lactones) is 1. The number of phenolic OH excluding ortho intramolecular Hbond substituents is 1. The van der Waals surface area contributed by atoms with E-state index in [0.717, 1.165) is 5.56 Å². The highest BCUT2D eigenvalue weighted by molar-refractivity contribution is 5.88. The standard InChI is InChI=1S/C8H6O3/c9-6-3-1-5(2-4-6)7-8(10)11-7/h1-4,7,9H. The van der Waals surface area contributed by atoms with Crippen LogP contribution in [0, 0.1) is 0 Å². The molecule has 0 bridgehead atoms. The molecule has 1 aromatic carbocycles. The molecule has 1 atom stereocenters. The summed E-state index contributed by atoms with van der Waals surface area (Å²) in [5.41, 5.74) is 0.799. The first kappa shape index (κ1) is 6.22. The zero-order valence-corrected chi connectivity index (χ0v) is 5.65. The molecule has 1 fully saturated rings. The molecule has 3 heteroatoms. The van der Waals surface area contributed by atoms with E-state index in [1.54, 1.807) is 12.1 Å². The maximum absolute atomic E-state index is 10.5. The molecule has 0 saturated carbocycles. The van der Waals surface area contributed by atoms with Crippen LogP contribution in [0.5, 0.6) is 5.75 Å². The fourth-order valence-electron chi connectivity index (χ4n) is 0.935. The first-order valence-corrected chi connectivity index (χ1v) is 3.27. The van der Waals surface area contributed by atoms with Crippen molar-refractivity contribution < 1.29 is 14.6 Å². The van der Waals surface area contributed by atoms with Crippen LogP contribution >= 0.6 is 0 Å². The van der Waals surface area contributed by atoms with Gasteiger partial charge in [0.2, 0.25) is 6.10 Å². The van der Waals surface area contributed by atoms with Crippen LogP contribution in [0.2, 0.25) is 0 Å². The summed E-state index contributed by atoms with van der Waals surface area (Å²) in [4.78, 5) is 10.5. The lowest BCUT2D eigenvalue weighted by molar-refractivity contribution is -0.117. The summed E-state index contributed by atoms with van der Waals surface area (Å²) >= 11 is 0. The number of rotatable bonds is 1. The Labute approximate surface area is 63.2 Å². The van der Waals surface area contributed by atoms with Crippen molar-refractivity contribution in [2.75, 3.05) is 0 Å². The monoisotopic (exact) mass is 150 g/mol. The van der Waals surface area contributed by atoms with E-state index in [1.807, 2.05) is 0 Å². The molecule has 0 spiro atoms. The van der Waals surface area contributed by atoms with E-state index in [1.165, 1.54) is 12.1 Å². The van der Waals surface area contributed by atoms with Crippen LogP contribution < -0.4 is 0 Å². The molecule has 1 aliphatic heterocycles. The molecule has 1 heterocycles. The van der Waals surface area contributed by atoms with Gasteiger partial charge in [0.15, 0.2) is 0 Å². The van der Waals surface area contributed by atoms with Crippen LogP contribution in [0.1, 0.15) is 11.7 Å². The topological polar surface area (TPSA) is 49.8 Å². The van der Waals surface area contributed by atoms with Crippen molar-refractivity contribution in [3.05, 3.63) is 29.8 Å². The summed E-state index contributed by atoms with van der Waals surface area (Å²) < 4.78 is 4.62. The molecule has 1 N–H and O–H groups in total. The van der Waals surface area contributed by atoms with Gasteiger partial charge in [-0.15, -0.1) is 0 Å². The van der Waals surface area contributed by atoms with Gasteiger partial charge < -0.3 is 9.84 Å². The Morgan fingerprint density at radius 3 is 2.27 bits per heavy atom. The summed E-state index contributed by atoms with van der Waals surface area (Å²) in [5.74, 6) is -0.00228. The quantitative estimate of drug-likeness (QED) is 0.607. The van der Waals surface area contributed by atoms with E-state index in [-0.39, 0.29) is 17.8 Å². The molecule has 11 heavy (non-hydrogen) atoms. The third kappa shape index (κ3) is 1.05. The fraction of sp³-hybridized carbons (Fsp3) is 0.125. The van der Waals surface area contributed by atoms with Crippen LogP contribution in [-0.4, -0.2) is 11.1 Å². The molecule has 1 aliphatic rings. The maximum atomic E-state index is 10.5. The second kappa shape index (κ2) is 1.99. The second-order valence-corrected chi connectivity index (χ2v) is 2.41. The molecule has 1 saturated heterocycles. The van der Waals surface area contributed by atoms with Gasteiger partial charge in [-0.1, -0.05) is 12.1 Å². The minimum absolute atomic E-state index is 0.196. The maximum Gasteiger partial charge on any atom is 0.353 e. The van der Waals surface area contributed by atoms with E-state index < -0.39 is 0 Å². The number of epoxide rings is 1. The van der Waals surface area contributed by atoms with Crippen molar-refractivity contribution in [3.63, 3.8) is 0 Å². The summed E-state index contributed by atoms with van der Waals surface area (Å²) in [7, 11) is 0. The Bertz CT molecular complexity index is 289. The summed E-state index contributed by atoms with van der Waals surface area (Å²) in [6.45, 7) is 0. The normalized spacial score (nSPS) is 21.1. The predicted molar refractivity (Wildman–Crippen MR) is 36.9 cm³/mol. The van der Waals surface area contributed by atoms with Crippen molar-refractivity contribution >= 4 is 5.97 Å². The lowest BCUT2D eigenvalue weighted by atomic mass is 10.1. The molecule has 56 valence electrons. The van der Waals surface area contributed by atoms with Crippen LogP contribution in [0.3, 0.4) is 0 Å². The van der Waals surface area contributed by atoms with Gasteiger partial charge in [-0.25, -0.2) is 4.79 Å². The molecule has 0 radical (unpaired) electrons. The number of ether oxygens (including phenoxy) is 1. The van der Waals surface area contributed by atoms with Gasteiger partial charge >= 0.3 is 5.97 Å². The molecule has 0 aromatic heterocycles. The Morgan fingerprint density at radius 1 is 1.27 bits per heavy atom. The highest BCUT2D eigenvalue weighted by atomic mass is 16.6. The zero-order chi connectivity index (χ0) is 7.84. The molecule has 0 aliphatic carbocycles. The Morgan fingerprint density at radius 2 is 1.82 bits per heavy atom. The summed E-state index contributed by atoms with van der Waals surface area (Å²) in [5, 5.41) is 8.90. The SMILES string of the molecule is O=C1OC1c1ccc(O)cc1. The Hall–Kier alpha value is -1.51. The largest absolute Gasteiger partial charge is 0.508 e. The van der Waals surface area contributed by atoms with Gasteiger partial charge in [-0.2, -0.15) is 0 Å². The average molecular weight is 150 g/mol. The van der Waals surface area contributed by atoms with E-state index in [4.69, 9.17) is 5.11 Å². The van der Waals surface area contributed by atoms with E-state index in [2.05, 4.69) is 4.74 Å². The first-order valence-electron chi connectivity index (χ1n) is 3.27. The number of benzene rings is 1. The number of carbonyl (C=O) groups excluding carboxylic acids is 1. The van der Waals surface area contributed by atoms with Gasteiger partial charge in [0, 0.05) is 5.56 Å². The predicted octanol–water partition coefficient (Wildman–Crippen LogP) is 0.990. The van der Waals surface area contributed by atoms with Crippen molar-refractivity contribution in [2.45, 2.75) is 6.10 Å². The molecule has 1 aromatic rings. The Balaban J connectivity index is 2.27. The molecular weight excluding hydrogens is 144 g/mol. The summed E-state index contributed by atoms with van der Waals surface area (Å²) in [6.07, 6.45) is -0.379. The van der Waals surface area contributed by atoms with Crippen molar-refractivity contribution in [1.82, 2.24) is 0 Å². The van der Waals surface area contributed by atoms with Crippen LogP contribution in [-0.2, 0) is 9.53 Å². The molecular formula is C8H6O3. The fourth-order valence-corrected chi connectivity index (χ4v) is 0.935. The lowest BCUT2D eigenvalue weighted by Crippen LogP contribution is -1.79. The molecule has 0 amide bonds. The average Bonchev–Trinajstić information content (AvgIpc) is 2.69. The number of carbonyl (C=O) groups is 1. The minimum atomic E-state index is -0.379. The number of aromatic hydroxyl groups is 1. The number of hydrogen-bond donors (Lipinski definition) is 1. The summed E-state index contributed by atoms with van der Waals surface area (Å²) in [6, 6.07) is 6.41. The van der Waals surface area contributed by atoms with Gasteiger partial charge in [-0.05, 0) is 12.1 Å². The van der Waals surface area contributed by atoms with E-state index in [9.17, 15) is 4.79 Å². The third-order valence-electron chi connectivity index (χ3n) is 1.59. The third-order valence-corrected chi connectivity index (χ3v) is 1.59. The lowest BCUT2D eigenvalue weighted by Gasteiger charge is -1.92.